The van der Waals surface area contributed by atoms with Gasteiger partial charge in [0.25, 0.3) is 5.91 Å². The first kappa shape index (κ1) is 32.9. The Labute approximate surface area is 267 Å². The van der Waals surface area contributed by atoms with Gasteiger partial charge in [0.05, 0.1) is 42.1 Å². The summed E-state index contributed by atoms with van der Waals surface area (Å²) in [7, 11) is 0. The number of benzene rings is 1. The first-order valence-electron chi connectivity index (χ1n) is 14.4. The lowest BCUT2D eigenvalue weighted by Crippen LogP contribution is -2.34. The second kappa shape index (κ2) is 12.9. The molecule has 0 spiro atoms. The van der Waals surface area contributed by atoms with E-state index in [9.17, 15) is 35.5 Å². The SMILES string of the molecule is O=C(NCC(F)(F)F)c1cc2nc(CN3CCc4cc(C(F)(F)F)c(OCc5ccc(Cl)cc5F)nc4C3)n(C[C@@H]3CCO3)c2cn1. The third-order valence-electron chi connectivity index (χ3n) is 7.85. The summed E-state index contributed by atoms with van der Waals surface area (Å²) in [6.07, 6.45) is -7.04. The topological polar surface area (TPSA) is 94.4 Å². The van der Waals surface area contributed by atoms with Crippen molar-refractivity contribution in [3.63, 3.8) is 0 Å². The molecule has 2 aliphatic rings. The molecule has 1 fully saturated rings. The van der Waals surface area contributed by atoms with Crippen molar-refractivity contribution in [3.05, 3.63) is 81.3 Å². The number of halogens is 8. The summed E-state index contributed by atoms with van der Waals surface area (Å²) in [5, 5.41) is 1.92. The molecule has 1 aromatic carbocycles. The first-order chi connectivity index (χ1) is 22.2. The van der Waals surface area contributed by atoms with Crippen molar-refractivity contribution in [1.29, 1.82) is 0 Å². The second-order valence-corrected chi connectivity index (χ2v) is 11.6. The van der Waals surface area contributed by atoms with Crippen LogP contribution in [-0.4, -0.2) is 62.3 Å². The van der Waals surface area contributed by atoms with Crippen LogP contribution >= 0.6 is 11.6 Å². The third kappa shape index (κ3) is 7.60. The van der Waals surface area contributed by atoms with Crippen molar-refractivity contribution in [1.82, 2.24) is 29.7 Å². The van der Waals surface area contributed by atoms with Gasteiger partial charge < -0.3 is 19.4 Å². The van der Waals surface area contributed by atoms with Gasteiger partial charge in [0.15, 0.2) is 0 Å². The van der Waals surface area contributed by atoms with E-state index >= 15 is 0 Å². The molecule has 0 saturated carbocycles. The van der Waals surface area contributed by atoms with Gasteiger partial charge in [-0.25, -0.2) is 19.3 Å². The van der Waals surface area contributed by atoms with Crippen molar-refractivity contribution in [3.8, 4) is 5.88 Å². The van der Waals surface area contributed by atoms with Crippen LogP contribution in [0.4, 0.5) is 30.7 Å². The first-order valence-corrected chi connectivity index (χ1v) is 14.8. The Morgan fingerprint density at radius 2 is 1.91 bits per heavy atom. The summed E-state index contributed by atoms with van der Waals surface area (Å²) < 4.78 is 107. The van der Waals surface area contributed by atoms with Crippen LogP contribution in [0.15, 0.2) is 36.5 Å². The molecular weight excluding hydrogens is 661 g/mol. The normalized spacial score (nSPS) is 17.0. The van der Waals surface area contributed by atoms with Gasteiger partial charge in [-0.3, -0.25) is 9.69 Å². The number of alkyl halides is 6. The highest BCUT2D eigenvalue weighted by Crippen LogP contribution is 2.38. The van der Waals surface area contributed by atoms with Gasteiger partial charge in [0.2, 0.25) is 5.88 Å². The van der Waals surface area contributed by atoms with Gasteiger partial charge in [-0.05, 0) is 42.7 Å². The fourth-order valence-electron chi connectivity index (χ4n) is 5.35. The highest BCUT2D eigenvalue weighted by molar-refractivity contribution is 6.30. The smallest absolute Gasteiger partial charge is 0.421 e. The van der Waals surface area contributed by atoms with E-state index in [2.05, 4.69) is 15.0 Å². The maximum atomic E-state index is 14.3. The summed E-state index contributed by atoms with van der Waals surface area (Å²) in [4.78, 5) is 27.2. The van der Waals surface area contributed by atoms with Crippen LogP contribution < -0.4 is 10.1 Å². The molecule has 0 bridgehead atoms. The molecule has 9 nitrogen and oxygen atoms in total. The van der Waals surface area contributed by atoms with E-state index < -0.39 is 48.7 Å². The maximum Gasteiger partial charge on any atom is 0.421 e. The molecule has 0 aliphatic carbocycles. The number of rotatable bonds is 9. The van der Waals surface area contributed by atoms with Crippen LogP contribution in [0.1, 0.15) is 45.1 Å². The van der Waals surface area contributed by atoms with Crippen LogP contribution in [-0.2, 0) is 43.6 Å². The predicted octanol–water partition coefficient (Wildman–Crippen LogP) is 5.86. The molecule has 1 N–H and O–H groups in total. The van der Waals surface area contributed by atoms with Gasteiger partial charge in [0.1, 0.15) is 36.1 Å². The minimum Gasteiger partial charge on any atom is -0.472 e. The highest BCUT2D eigenvalue weighted by atomic mass is 35.5. The Bertz CT molecular complexity index is 1810. The van der Waals surface area contributed by atoms with E-state index in [-0.39, 0.29) is 41.9 Å². The van der Waals surface area contributed by atoms with E-state index in [1.54, 1.807) is 5.32 Å². The molecule has 4 aromatic rings. The van der Waals surface area contributed by atoms with Crippen LogP contribution in [0.3, 0.4) is 0 Å². The minimum atomic E-state index is -4.77. The van der Waals surface area contributed by atoms with Gasteiger partial charge in [-0.15, -0.1) is 0 Å². The van der Waals surface area contributed by atoms with Crippen LogP contribution in [0, 0.1) is 5.82 Å². The molecule has 47 heavy (non-hydrogen) atoms. The molecule has 1 atom stereocenters. The van der Waals surface area contributed by atoms with E-state index in [4.69, 9.17) is 21.1 Å². The van der Waals surface area contributed by atoms with Crippen molar-refractivity contribution in [2.24, 2.45) is 0 Å². The molecule has 5 heterocycles. The monoisotopic (exact) mass is 686 g/mol. The van der Waals surface area contributed by atoms with Crippen molar-refractivity contribution in [2.45, 2.75) is 57.5 Å². The number of carbonyl (C=O) groups excluding carboxylic acids is 1. The Kier molecular flexibility index (Phi) is 9.02. The van der Waals surface area contributed by atoms with Crippen LogP contribution in [0.5, 0.6) is 5.88 Å². The summed E-state index contributed by atoms with van der Waals surface area (Å²) in [5.74, 6) is -1.87. The van der Waals surface area contributed by atoms with Crippen LogP contribution in [0.2, 0.25) is 5.02 Å². The number of nitrogens with one attached hydrogen (secondary N) is 1. The van der Waals surface area contributed by atoms with E-state index in [0.717, 1.165) is 18.6 Å². The molecule has 0 unspecified atom stereocenters. The largest absolute Gasteiger partial charge is 0.472 e. The fraction of sp³-hybridized carbons (Fsp3) is 0.400. The second-order valence-electron chi connectivity index (χ2n) is 11.2. The van der Waals surface area contributed by atoms with Crippen LogP contribution in [0.25, 0.3) is 11.0 Å². The molecule has 2 aliphatic heterocycles. The van der Waals surface area contributed by atoms with Gasteiger partial charge >= 0.3 is 12.4 Å². The molecule has 6 rings (SSSR count). The number of carbonyl (C=O) groups is 1. The molecule has 1 amide bonds. The summed E-state index contributed by atoms with van der Waals surface area (Å²) in [6.45, 7) is -0.267. The van der Waals surface area contributed by atoms with Crippen molar-refractivity contribution < 1.29 is 45.0 Å². The zero-order valence-corrected chi connectivity index (χ0v) is 25.1. The van der Waals surface area contributed by atoms with Crippen molar-refractivity contribution in [2.75, 3.05) is 19.7 Å². The number of amides is 1. The number of imidazole rings is 1. The quantitative estimate of drug-likeness (QED) is 0.221. The average Bonchev–Trinajstić information content (AvgIpc) is 3.31. The molecule has 0 radical (unpaired) electrons. The van der Waals surface area contributed by atoms with Gasteiger partial charge in [-0.2, -0.15) is 26.3 Å². The molecular formula is C30H26ClF7N6O3. The molecule has 3 aromatic heterocycles. The van der Waals surface area contributed by atoms with E-state index in [1.807, 2.05) is 9.47 Å². The van der Waals surface area contributed by atoms with Gasteiger partial charge in [-0.1, -0.05) is 17.7 Å². The van der Waals surface area contributed by atoms with E-state index in [1.165, 1.54) is 24.4 Å². The Balaban J connectivity index is 1.25. The standard InChI is InChI=1S/C30H26ClF7N6O3/c31-18-2-1-17(21(32)8-18)14-47-28-20(30(36,37)38)7-16-3-5-43(12-24(16)42-28)13-26-41-22-9-23(27(45)40-15-29(33,34)35)39-10-25(22)44(26)11-19-4-6-46-19/h1-2,7-10,19H,3-6,11-15H2,(H,40,45)/t19-/m0/s1. The lowest BCUT2D eigenvalue weighted by Gasteiger charge is -2.30. The average molecular weight is 687 g/mol. The summed E-state index contributed by atoms with van der Waals surface area (Å²) >= 11 is 5.77. The highest BCUT2D eigenvalue weighted by Gasteiger charge is 2.37. The molecule has 17 heteroatoms. The molecule has 1 saturated heterocycles. The number of pyridine rings is 2. The summed E-state index contributed by atoms with van der Waals surface area (Å²) in [6, 6.07) is 6.07. The van der Waals surface area contributed by atoms with Crippen molar-refractivity contribution >= 4 is 28.5 Å². The molecule has 250 valence electrons. The Morgan fingerprint density at radius 3 is 2.60 bits per heavy atom. The lowest BCUT2D eigenvalue weighted by atomic mass is 10.0. The summed E-state index contributed by atoms with van der Waals surface area (Å²) in [5.41, 5.74) is 0.331. The number of hydrogen-bond acceptors (Lipinski definition) is 7. The number of hydrogen-bond donors (Lipinski definition) is 1. The van der Waals surface area contributed by atoms with E-state index in [0.29, 0.717) is 47.8 Å². The Morgan fingerprint density at radius 1 is 1.13 bits per heavy atom. The number of ether oxygens (including phenoxy) is 2. The third-order valence-corrected chi connectivity index (χ3v) is 8.09. The number of nitrogens with zero attached hydrogens (tertiary/aromatic N) is 5. The zero-order valence-electron chi connectivity index (χ0n) is 24.4. The predicted molar refractivity (Wildman–Crippen MR) is 153 cm³/mol. The lowest BCUT2D eigenvalue weighted by molar-refractivity contribution is -0.139. The minimum absolute atomic E-state index is 0.00787. The Hall–Kier alpha value is -4.02. The van der Waals surface area contributed by atoms with Gasteiger partial charge in [0, 0.05) is 30.3 Å². The zero-order chi connectivity index (χ0) is 33.5. The number of aromatic nitrogens is 4. The number of fused-ring (bicyclic) bond motifs is 2. The maximum absolute atomic E-state index is 14.3. The fourth-order valence-corrected chi connectivity index (χ4v) is 5.51.